The Morgan fingerprint density at radius 3 is 2.35 bits per heavy atom. The Bertz CT molecular complexity index is 509. The molecule has 0 spiro atoms. The summed E-state index contributed by atoms with van der Waals surface area (Å²) in [6.07, 6.45) is 0. The lowest BCUT2D eigenvalue weighted by atomic mass is 10.00. The molecule has 0 saturated carbocycles. The fourth-order valence-corrected chi connectivity index (χ4v) is 2.00. The van der Waals surface area contributed by atoms with Crippen molar-refractivity contribution in [2.75, 3.05) is 7.11 Å². The summed E-state index contributed by atoms with van der Waals surface area (Å²) in [5.74, 6) is 0.908. The molecular formula is C13H15N2O2. The van der Waals surface area contributed by atoms with Crippen molar-refractivity contribution in [1.82, 2.24) is 10.2 Å². The highest BCUT2D eigenvalue weighted by Crippen LogP contribution is 2.27. The van der Waals surface area contributed by atoms with E-state index in [1.165, 1.54) is 12.2 Å². The van der Waals surface area contributed by atoms with Crippen LogP contribution < -0.4 is 0 Å². The molecule has 0 amide bonds. The predicted molar refractivity (Wildman–Crippen MR) is 64.4 cm³/mol. The van der Waals surface area contributed by atoms with Crippen LogP contribution in [0.5, 0.6) is 0 Å². The summed E-state index contributed by atoms with van der Waals surface area (Å²) in [6.45, 7) is 7.58. The van der Waals surface area contributed by atoms with E-state index in [1.54, 1.807) is 7.11 Å². The van der Waals surface area contributed by atoms with Crippen LogP contribution in [0.2, 0.25) is 0 Å². The van der Waals surface area contributed by atoms with E-state index in [9.17, 15) is 0 Å². The maximum atomic E-state index is 5.51. The third-order valence-electron chi connectivity index (χ3n) is 2.55. The molecule has 0 aliphatic rings. The van der Waals surface area contributed by atoms with Gasteiger partial charge < -0.3 is 9.15 Å². The number of ether oxygens (including phenoxy) is 1. The van der Waals surface area contributed by atoms with Crippen molar-refractivity contribution in [1.29, 1.82) is 0 Å². The Kier molecular flexibility index (Phi) is 3.24. The van der Waals surface area contributed by atoms with Gasteiger partial charge in [-0.25, -0.2) is 0 Å². The number of benzene rings is 1. The Labute approximate surface area is 101 Å². The maximum Gasteiger partial charge on any atom is 0.248 e. The topological polar surface area (TPSA) is 48.2 Å². The van der Waals surface area contributed by atoms with Crippen LogP contribution in [0.1, 0.15) is 22.6 Å². The molecule has 0 aliphatic heterocycles. The van der Waals surface area contributed by atoms with Gasteiger partial charge in [-0.15, -0.1) is 10.2 Å². The normalized spacial score (nSPS) is 10.8. The second-order valence-corrected chi connectivity index (χ2v) is 4.07. The highest BCUT2D eigenvalue weighted by Gasteiger charge is 2.13. The summed E-state index contributed by atoms with van der Waals surface area (Å²) < 4.78 is 10.3. The number of methoxy groups -OCH3 is 1. The Morgan fingerprint density at radius 2 is 1.76 bits per heavy atom. The molecule has 0 bridgehead atoms. The highest BCUT2D eigenvalue weighted by atomic mass is 16.5. The number of nitrogens with zero attached hydrogens (tertiary/aromatic N) is 2. The van der Waals surface area contributed by atoms with Crippen LogP contribution in [-0.2, 0) is 4.74 Å². The van der Waals surface area contributed by atoms with Crippen LogP contribution in [0, 0.1) is 27.4 Å². The number of aromatic nitrogens is 2. The second kappa shape index (κ2) is 4.67. The second-order valence-electron chi connectivity index (χ2n) is 4.07. The van der Waals surface area contributed by atoms with Gasteiger partial charge in [-0.3, -0.25) is 0 Å². The zero-order valence-electron chi connectivity index (χ0n) is 10.4. The molecule has 4 heteroatoms. The van der Waals surface area contributed by atoms with Gasteiger partial charge in [0.1, 0.15) is 0 Å². The molecule has 1 radical (unpaired) electrons. The zero-order chi connectivity index (χ0) is 12.4. The minimum Gasteiger partial charge on any atom is -0.418 e. The van der Waals surface area contributed by atoms with Gasteiger partial charge in [0, 0.05) is 12.7 Å². The summed E-state index contributed by atoms with van der Waals surface area (Å²) in [7, 11) is 1.55. The molecule has 1 heterocycles. The lowest BCUT2D eigenvalue weighted by molar-refractivity contribution is 0.269. The first-order valence-corrected chi connectivity index (χ1v) is 5.39. The van der Waals surface area contributed by atoms with Gasteiger partial charge in [-0.05, 0) is 31.9 Å². The first-order chi connectivity index (χ1) is 8.11. The van der Waals surface area contributed by atoms with Crippen molar-refractivity contribution in [2.45, 2.75) is 20.8 Å². The van der Waals surface area contributed by atoms with Crippen LogP contribution in [0.4, 0.5) is 0 Å². The lowest BCUT2D eigenvalue weighted by Crippen LogP contribution is -1.90. The van der Waals surface area contributed by atoms with Gasteiger partial charge >= 0.3 is 0 Å². The van der Waals surface area contributed by atoms with Crippen molar-refractivity contribution in [3.63, 3.8) is 0 Å². The van der Waals surface area contributed by atoms with Gasteiger partial charge in [0.2, 0.25) is 11.8 Å². The van der Waals surface area contributed by atoms with Crippen molar-refractivity contribution < 1.29 is 9.15 Å². The predicted octanol–water partition coefficient (Wildman–Crippen LogP) is 2.82. The summed E-state index contributed by atoms with van der Waals surface area (Å²) in [4.78, 5) is 0. The fourth-order valence-electron chi connectivity index (χ4n) is 2.00. The molecule has 2 rings (SSSR count). The molecule has 0 aliphatic carbocycles. The monoisotopic (exact) mass is 231 g/mol. The fraction of sp³-hybridized carbons (Fsp3) is 0.308. The Balaban J connectivity index is 2.45. The minimum absolute atomic E-state index is 0.377. The largest absolute Gasteiger partial charge is 0.418 e. The number of hydrogen-bond acceptors (Lipinski definition) is 4. The van der Waals surface area contributed by atoms with Crippen LogP contribution >= 0.6 is 0 Å². The average Bonchev–Trinajstić information content (AvgIpc) is 2.65. The van der Waals surface area contributed by atoms with Gasteiger partial charge in [-0.1, -0.05) is 17.7 Å². The van der Waals surface area contributed by atoms with Crippen LogP contribution in [0.15, 0.2) is 16.5 Å². The first-order valence-electron chi connectivity index (χ1n) is 5.39. The number of rotatable bonds is 3. The summed E-state index contributed by atoms with van der Waals surface area (Å²) >= 11 is 0. The highest BCUT2D eigenvalue weighted by molar-refractivity contribution is 5.63. The molecule has 1 aromatic heterocycles. The van der Waals surface area contributed by atoms with Crippen LogP contribution in [0.25, 0.3) is 11.5 Å². The molecule has 0 N–H and O–H groups in total. The van der Waals surface area contributed by atoms with E-state index in [0.717, 1.165) is 16.7 Å². The molecule has 89 valence electrons. The summed E-state index contributed by atoms with van der Waals surface area (Å²) in [5.41, 5.74) is 4.50. The average molecular weight is 231 g/mol. The smallest absolute Gasteiger partial charge is 0.248 e. The van der Waals surface area contributed by atoms with E-state index in [1.807, 2.05) is 13.8 Å². The van der Waals surface area contributed by atoms with Crippen LogP contribution in [-0.4, -0.2) is 17.3 Å². The third kappa shape index (κ3) is 2.36. The minimum atomic E-state index is 0.377. The first kappa shape index (κ1) is 11.8. The van der Waals surface area contributed by atoms with Crippen molar-refractivity contribution in [2.24, 2.45) is 0 Å². The molecule has 0 unspecified atom stereocenters. The molecule has 17 heavy (non-hydrogen) atoms. The quantitative estimate of drug-likeness (QED) is 0.815. The molecular weight excluding hydrogens is 216 g/mol. The van der Waals surface area contributed by atoms with Gasteiger partial charge in [0.15, 0.2) is 6.61 Å². The molecule has 2 aromatic rings. The van der Waals surface area contributed by atoms with Gasteiger partial charge in [0.25, 0.3) is 0 Å². The summed E-state index contributed by atoms with van der Waals surface area (Å²) in [6, 6.07) is 4.21. The molecule has 4 nitrogen and oxygen atoms in total. The molecule has 0 saturated heterocycles. The maximum absolute atomic E-state index is 5.51. The van der Waals surface area contributed by atoms with E-state index in [2.05, 4.69) is 29.3 Å². The van der Waals surface area contributed by atoms with Crippen molar-refractivity contribution in [3.8, 4) is 11.5 Å². The standard InChI is InChI=1S/C13H15N2O2/c1-8-5-9(2)12(10(3)6-8)13-15-14-11(17-13)7-16-4/h5-7H,1-4H3. The van der Waals surface area contributed by atoms with E-state index < -0.39 is 0 Å². The van der Waals surface area contributed by atoms with E-state index >= 15 is 0 Å². The number of hydrogen-bond donors (Lipinski definition) is 0. The van der Waals surface area contributed by atoms with E-state index in [0.29, 0.717) is 11.8 Å². The third-order valence-corrected chi connectivity index (χ3v) is 2.55. The van der Waals surface area contributed by atoms with E-state index in [-0.39, 0.29) is 0 Å². The molecule has 1 aromatic carbocycles. The molecule has 0 atom stereocenters. The Morgan fingerprint density at radius 1 is 1.12 bits per heavy atom. The molecule has 0 fully saturated rings. The van der Waals surface area contributed by atoms with Crippen molar-refractivity contribution in [3.05, 3.63) is 41.3 Å². The van der Waals surface area contributed by atoms with Gasteiger partial charge in [0.05, 0.1) is 0 Å². The lowest BCUT2D eigenvalue weighted by Gasteiger charge is -2.06. The van der Waals surface area contributed by atoms with Crippen molar-refractivity contribution >= 4 is 0 Å². The zero-order valence-corrected chi connectivity index (χ0v) is 10.4. The number of aryl methyl sites for hydroxylation is 3. The summed E-state index contributed by atoms with van der Waals surface area (Å²) in [5, 5.41) is 7.92. The van der Waals surface area contributed by atoms with Crippen LogP contribution in [0.3, 0.4) is 0 Å². The SMILES string of the molecule is CO[CH]c1nnc(-c2c(C)cc(C)cc2C)o1. The van der Waals surface area contributed by atoms with Gasteiger partial charge in [-0.2, -0.15) is 0 Å². The van der Waals surface area contributed by atoms with E-state index in [4.69, 9.17) is 9.15 Å². The Hall–Kier alpha value is -1.68.